The van der Waals surface area contributed by atoms with Gasteiger partial charge in [-0.25, -0.2) is 18.7 Å². The van der Waals surface area contributed by atoms with E-state index in [2.05, 4.69) is 5.32 Å². The third-order valence-electron chi connectivity index (χ3n) is 6.59. The standard InChI is InChI=1S/C29H33N3O9S/c1-38-23-11-13-24(14-12-23)42(36,37)32(18-22-10-15-26-27(17-22)41-20-40-26)25(28(33)31-35)9-5-6-16-30-29(34)39-19-21-7-3-2-4-8-21/h2-4,7-8,10-15,17,25,35H,5-6,9,16,18-20H2,1H3,(H,30,34)(H,31,33)/t25-/m1/s1. The van der Waals surface area contributed by atoms with Gasteiger partial charge in [-0.05, 0) is 66.8 Å². The van der Waals surface area contributed by atoms with Crippen LogP contribution in [0.1, 0.15) is 30.4 Å². The predicted octanol–water partition coefficient (Wildman–Crippen LogP) is 3.59. The first-order valence-corrected chi connectivity index (χ1v) is 14.7. The normalized spacial score (nSPS) is 12.9. The maximum atomic E-state index is 13.9. The summed E-state index contributed by atoms with van der Waals surface area (Å²) in [6, 6.07) is 18.8. The topological polar surface area (TPSA) is 153 Å². The average molecular weight is 600 g/mol. The molecule has 1 aliphatic heterocycles. The summed E-state index contributed by atoms with van der Waals surface area (Å²) in [5.41, 5.74) is 3.01. The molecule has 0 unspecified atom stereocenters. The Labute approximate surface area is 244 Å². The highest BCUT2D eigenvalue weighted by molar-refractivity contribution is 7.89. The van der Waals surface area contributed by atoms with Crippen molar-refractivity contribution in [3.8, 4) is 17.2 Å². The molecule has 0 saturated heterocycles. The zero-order valence-corrected chi connectivity index (χ0v) is 23.8. The third kappa shape index (κ3) is 7.90. The van der Waals surface area contributed by atoms with Gasteiger partial charge in [-0.15, -0.1) is 0 Å². The molecule has 0 radical (unpaired) electrons. The van der Waals surface area contributed by atoms with Gasteiger partial charge < -0.3 is 24.3 Å². The van der Waals surface area contributed by atoms with Gasteiger partial charge in [-0.3, -0.25) is 10.0 Å². The quantitative estimate of drug-likeness (QED) is 0.143. The summed E-state index contributed by atoms with van der Waals surface area (Å²) in [5, 5.41) is 12.2. The molecule has 0 aromatic heterocycles. The molecule has 0 aliphatic carbocycles. The van der Waals surface area contributed by atoms with Crippen LogP contribution in [0.25, 0.3) is 0 Å². The van der Waals surface area contributed by atoms with Gasteiger partial charge in [0, 0.05) is 13.1 Å². The summed E-state index contributed by atoms with van der Waals surface area (Å²) < 4.78 is 49.9. The van der Waals surface area contributed by atoms with Crippen LogP contribution in [-0.4, -0.2) is 56.4 Å². The molecule has 224 valence electrons. The lowest BCUT2D eigenvalue weighted by atomic mass is 10.1. The van der Waals surface area contributed by atoms with E-state index in [0.717, 1.165) is 9.87 Å². The van der Waals surface area contributed by atoms with Gasteiger partial charge in [0.25, 0.3) is 5.91 Å². The molecular weight excluding hydrogens is 566 g/mol. The van der Waals surface area contributed by atoms with Gasteiger partial charge >= 0.3 is 6.09 Å². The number of amides is 2. The van der Waals surface area contributed by atoms with Gasteiger partial charge in [-0.2, -0.15) is 4.31 Å². The Morgan fingerprint density at radius 3 is 2.43 bits per heavy atom. The van der Waals surface area contributed by atoms with E-state index in [-0.39, 0.29) is 37.8 Å². The van der Waals surface area contributed by atoms with Crippen molar-refractivity contribution in [3.63, 3.8) is 0 Å². The van der Waals surface area contributed by atoms with Crippen LogP contribution in [-0.2, 0) is 32.7 Å². The number of hydrogen-bond acceptors (Lipinski definition) is 9. The van der Waals surface area contributed by atoms with Crippen molar-refractivity contribution in [1.82, 2.24) is 15.1 Å². The molecule has 0 saturated carbocycles. The first kappa shape index (κ1) is 30.6. The molecule has 13 heteroatoms. The van der Waals surface area contributed by atoms with Gasteiger partial charge in [0.05, 0.1) is 12.0 Å². The lowest BCUT2D eigenvalue weighted by Crippen LogP contribution is -2.48. The Kier molecular flexibility index (Phi) is 10.6. The number of fused-ring (bicyclic) bond motifs is 1. The molecule has 0 spiro atoms. The Bertz CT molecular complexity index is 1450. The number of methoxy groups -OCH3 is 1. The first-order valence-electron chi connectivity index (χ1n) is 13.2. The number of hydroxylamine groups is 1. The van der Waals surface area contributed by atoms with Crippen molar-refractivity contribution in [2.75, 3.05) is 20.4 Å². The van der Waals surface area contributed by atoms with E-state index in [0.29, 0.717) is 35.7 Å². The SMILES string of the molecule is COc1ccc(S(=O)(=O)N(Cc2ccc3c(c2)OCO3)[C@H](CCCCNC(=O)OCc2ccccc2)C(=O)NO)cc1. The zero-order chi connectivity index (χ0) is 30.0. The number of carbonyl (C=O) groups excluding carboxylic acids is 2. The molecule has 3 aromatic carbocycles. The second-order valence-electron chi connectivity index (χ2n) is 9.39. The number of alkyl carbamates (subject to hydrolysis) is 1. The molecule has 1 aliphatic rings. The van der Waals surface area contributed by atoms with Crippen molar-refractivity contribution in [3.05, 3.63) is 83.9 Å². The number of carbonyl (C=O) groups is 2. The first-order chi connectivity index (χ1) is 20.3. The van der Waals surface area contributed by atoms with Gasteiger partial charge in [-0.1, -0.05) is 36.4 Å². The van der Waals surface area contributed by atoms with Crippen LogP contribution < -0.4 is 25.0 Å². The van der Waals surface area contributed by atoms with Crippen LogP contribution in [0.4, 0.5) is 4.79 Å². The Morgan fingerprint density at radius 1 is 0.976 bits per heavy atom. The fourth-order valence-electron chi connectivity index (χ4n) is 4.37. The fourth-order valence-corrected chi connectivity index (χ4v) is 5.98. The second-order valence-corrected chi connectivity index (χ2v) is 11.3. The average Bonchev–Trinajstić information content (AvgIpc) is 3.49. The molecule has 3 aromatic rings. The fraction of sp³-hybridized carbons (Fsp3) is 0.310. The van der Waals surface area contributed by atoms with E-state index < -0.39 is 28.1 Å². The van der Waals surface area contributed by atoms with Gasteiger partial charge in [0.15, 0.2) is 11.5 Å². The van der Waals surface area contributed by atoms with E-state index in [1.54, 1.807) is 23.7 Å². The Morgan fingerprint density at radius 2 is 1.71 bits per heavy atom. The maximum Gasteiger partial charge on any atom is 0.407 e. The highest BCUT2D eigenvalue weighted by Crippen LogP contribution is 2.34. The molecule has 3 N–H and O–H groups in total. The van der Waals surface area contributed by atoms with Crippen LogP contribution in [0.3, 0.4) is 0 Å². The van der Waals surface area contributed by atoms with E-state index in [1.165, 1.54) is 31.4 Å². The summed E-state index contributed by atoms with van der Waals surface area (Å²) in [4.78, 5) is 24.9. The highest BCUT2D eigenvalue weighted by Gasteiger charge is 2.36. The molecule has 42 heavy (non-hydrogen) atoms. The molecular formula is C29H33N3O9S. The van der Waals surface area contributed by atoms with E-state index >= 15 is 0 Å². The summed E-state index contributed by atoms with van der Waals surface area (Å²) in [5.74, 6) is 0.573. The number of nitrogens with one attached hydrogen (secondary N) is 2. The molecule has 0 fully saturated rings. The van der Waals surface area contributed by atoms with Crippen LogP contribution in [0.15, 0.2) is 77.7 Å². The van der Waals surface area contributed by atoms with E-state index in [9.17, 15) is 23.2 Å². The van der Waals surface area contributed by atoms with Crippen LogP contribution in [0.5, 0.6) is 17.2 Å². The Hall–Kier alpha value is -4.33. The van der Waals surface area contributed by atoms with Crippen molar-refractivity contribution < 1.29 is 42.2 Å². The third-order valence-corrected chi connectivity index (χ3v) is 8.46. The molecule has 4 rings (SSSR count). The summed E-state index contributed by atoms with van der Waals surface area (Å²) >= 11 is 0. The number of rotatable bonds is 14. The highest BCUT2D eigenvalue weighted by atomic mass is 32.2. The minimum absolute atomic E-state index is 0.0516. The van der Waals surface area contributed by atoms with Crippen LogP contribution in [0.2, 0.25) is 0 Å². The largest absolute Gasteiger partial charge is 0.497 e. The smallest absolute Gasteiger partial charge is 0.407 e. The van der Waals surface area contributed by atoms with Crippen LogP contribution >= 0.6 is 0 Å². The summed E-state index contributed by atoms with van der Waals surface area (Å²) in [7, 11) is -2.77. The van der Waals surface area contributed by atoms with Crippen molar-refractivity contribution >= 4 is 22.0 Å². The number of unbranched alkanes of at least 4 members (excludes halogenated alkanes) is 1. The second kappa shape index (κ2) is 14.5. The van der Waals surface area contributed by atoms with Crippen molar-refractivity contribution in [1.29, 1.82) is 0 Å². The van der Waals surface area contributed by atoms with Crippen LogP contribution in [0, 0.1) is 0 Å². The number of sulfonamides is 1. The minimum Gasteiger partial charge on any atom is -0.497 e. The maximum absolute atomic E-state index is 13.9. The lowest BCUT2D eigenvalue weighted by molar-refractivity contribution is -0.133. The van der Waals surface area contributed by atoms with E-state index in [1.807, 2.05) is 30.3 Å². The van der Waals surface area contributed by atoms with E-state index in [4.69, 9.17) is 18.9 Å². The summed E-state index contributed by atoms with van der Waals surface area (Å²) in [6.45, 7) is 0.237. The number of hydrogen-bond donors (Lipinski definition) is 3. The Balaban J connectivity index is 1.46. The van der Waals surface area contributed by atoms with Gasteiger partial charge in [0.2, 0.25) is 16.8 Å². The molecule has 12 nitrogen and oxygen atoms in total. The lowest BCUT2D eigenvalue weighted by Gasteiger charge is -2.30. The van der Waals surface area contributed by atoms with Crippen molar-refractivity contribution in [2.45, 2.75) is 43.4 Å². The predicted molar refractivity (Wildman–Crippen MR) is 150 cm³/mol. The molecule has 0 bridgehead atoms. The zero-order valence-electron chi connectivity index (χ0n) is 23.0. The number of benzene rings is 3. The van der Waals surface area contributed by atoms with Crippen molar-refractivity contribution in [2.24, 2.45) is 0 Å². The molecule has 2 amide bonds. The van der Waals surface area contributed by atoms with Gasteiger partial charge in [0.1, 0.15) is 18.4 Å². The molecule has 1 heterocycles. The minimum atomic E-state index is -4.24. The number of ether oxygens (including phenoxy) is 4. The summed E-state index contributed by atoms with van der Waals surface area (Å²) in [6.07, 6.45) is 0.255. The molecule has 1 atom stereocenters. The number of nitrogens with zero attached hydrogens (tertiary/aromatic N) is 1. The monoisotopic (exact) mass is 599 g/mol.